The van der Waals surface area contributed by atoms with E-state index in [-0.39, 0.29) is 5.76 Å². The molecule has 0 fully saturated rings. The van der Waals surface area contributed by atoms with Crippen LogP contribution < -0.4 is 4.74 Å². The molecule has 1 aromatic heterocycles. The van der Waals surface area contributed by atoms with E-state index in [2.05, 4.69) is 9.72 Å². The van der Waals surface area contributed by atoms with Gasteiger partial charge in [-0.05, 0) is 24.6 Å². The molecule has 0 saturated carbocycles. The molecule has 0 aliphatic carbocycles. The minimum Gasteiger partial charge on any atom is -0.507 e. The Labute approximate surface area is 133 Å². The lowest BCUT2D eigenvalue weighted by atomic mass is 10.0. The predicted octanol–water partition coefficient (Wildman–Crippen LogP) is 2.66. The summed E-state index contributed by atoms with van der Waals surface area (Å²) in [6.07, 6.45) is 3.31. The van der Waals surface area contributed by atoms with Crippen molar-refractivity contribution in [2.45, 2.75) is 13.3 Å². The summed E-state index contributed by atoms with van der Waals surface area (Å²) in [7, 11) is 1.10. The number of carbonyl (C=O) groups excluding carboxylic acids is 2. The Bertz CT molecular complexity index is 767. The standard InChI is InChI=1S/C17H17NO5/c1-3-9-23-15-7-6-11(12-5-4-8-18-16(12)15)13(19)10-14(20)17(21)22-2/h4-8,10,19H,3,9H2,1-2H3/b13-10-. The van der Waals surface area contributed by atoms with Gasteiger partial charge < -0.3 is 14.6 Å². The summed E-state index contributed by atoms with van der Waals surface area (Å²) in [5.41, 5.74) is 0.957. The number of esters is 1. The second-order valence-corrected chi connectivity index (χ2v) is 4.74. The molecular formula is C17H17NO5. The van der Waals surface area contributed by atoms with Gasteiger partial charge in [0.2, 0.25) is 0 Å². The van der Waals surface area contributed by atoms with Gasteiger partial charge in [0.15, 0.2) is 0 Å². The third-order valence-corrected chi connectivity index (χ3v) is 3.12. The maximum atomic E-state index is 11.6. The summed E-state index contributed by atoms with van der Waals surface area (Å²) in [5, 5.41) is 10.8. The molecule has 0 unspecified atom stereocenters. The molecule has 0 atom stereocenters. The van der Waals surface area contributed by atoms with Crippen molar-refractivity contribution in [1.29, 1.82) is 0 Å². The Morgan fingerprint density at radius 3 is 2.78 bits per heavy atom. The quantitative estimate of drug-likeness (QED) is 0.382. The summed E-state index contributed by atoms with van der Waals surface area (Å²) < 4.78 is 9.96. The first-order valence-electron chi connectivity index (χ1n) is 7.12. The van der Waals surface area contributed by atoms with Crippen LogP contribution in [0.3, 0.4) is 0 Å². The van der Waals surface area contributed by atoms with Crippen molar-refractivity contribution < 1.29 is 24.2 Å². The van der Waals surface area contributed by atoms with Crippen LogP contribution in [0.4, 0.5) is 0 Å². The summed E-state index contributed by atoms with van der Waals surface area (Å²) in [4.78, 5) is 27.0. The van der Waals surface area contributed by atoms with Crippen LogP contribution in [0, 0.1) is 0 Å². The highest BCUT2D eigenvalue weighted by molar-refractivity contribution is 6.39. The number of benzene rings is 1. The van der Waals surface area contributed by atoms with E-state index in [0.717, 1.165) is 19.6 Å². The van der Waals surface area contributed by atoms with Gasteiger partial charge in [0.05, 0.1) is 13.7 Å². The molecule has 2 aromatic rings. The minimum absolute atomic E-state index is 0.333. The van der Waals surface area contributed by atoms with Crippen molar-refractivity contribution in [2.75, 3.05) is 13.7 Å². The van der Waals surface area contributed by atoms with Gasteiger partial charge in [-0.1, -0.05) is 13.0 Å². The largest absolute Gasteiger partial charge is 0.507 e. The number of aromatic nitrogens is 1. The van der Waals surface area contributed by atoms with E-state index in [1.165, 1.54) is 0 Å². The lowest BCUT2D eigenvalue weighted by Crippen LogP contribution is -2.13. The normalized spacial score (nSPS) is 11.3. The molecular weight excluding hydrogens is 298 g/mol. The van der Waals surface area contributed by atoms with Gasteiger partial charge in [-0.2, -0.15) is 0 Å². The lowest BCUT2D eigenvalue weighted by Gasteiger charge is -2.11. The fourth-order valence-electron chi connectivity index (χ4n) is 2.06. The lowest BCUT2D eigenvalue weighted by molar-refractivity contribution is -0.149. The molecule has 0 bridgehead atoms. The molecule has 120 valence electrons. The fraction of sp³-hybridized carbons (Fsp3) is 0.235. The maximum absolute atomic E-state index is 11.6. The van der Waals surface area contributed by atoms with E-state index >= 15 is 0 Å². The number of hydrogen-bond donors (Lipinski definition) is 1. The van der Waals surface area contributed by atoms with Gasteiger partial charge >= 0.3 is 5.97 Å². The van der Waals surface area contributed by atoms with Crippen molar-refractivity contribution in [2.24, 2.45) is 0 Å². The number of ether oxygens (including phenoxy) is 2. The molecule has 0 saturated heterocycles. The van der Waals surface area contributed by atoms with Gasteiger partial charge in [-0.3, -0.25) is 9.78 Å². The number of carbonyl (C=O) groups is 2. The van der Waals surface area contributed by atoms with Crippen LogP contribution in [0.5, 0.6) is 5.75 Å². The molecule has 0 radical (unpaired) electrons. The van der Waals surface area contributed by atoms with Crippen LogP contribution in [0.2, 0.25) is 0 Å². The van der Waals surface area contributed by atoms with E-state index in [4.69, 9.17) is 4.74 Å². The molecule has 0 amide bonds. The molecule has 1 heterocycles. The summed E-state index contributed by atoms with van der Waals surface area (Å²) in [6.45, 7) is 2.55. The van der Waals surface area contributed by atoms with Crippen LogP contribution in [0.15, 0.2) is 36.5 Å². The summed E-state index contributed by atoms with van der Waals surface area (Å²) in [5.74, 6) is -1.71. The Kier molecular flexibility index (Phi) is 5.30. The van der Waals surface area contributed by atoms with E-state index in [1.54, 1.807) is 30.5 Å². The molecule has 1 N–H and O–H groups in total. The van der Waals surface area contributed by atoms with Crippen molar-refractivity contribution >= 4 is 28.4 Å². The number of ketones is 1. The van der Waals surface area contributed by atoms with Crippen LogP contribution in [-0.4, -0.2) is 35.6 Å². The summed E-state index contributed by atoms with van der Waals surface area (Å²) >= 11 is 0. The van der Waals surface area contributed by atoms with Crippen LogP contribution in [-0.2, 0) is 14.3 Å². The van der Waals surface area contributed by atoms with Crippen LogP contribution in [0.25, 0.3) is 16.7 Å². The first kappa shape index (κ1) is 16.5. The predicted molar refractivity (Wildman–Crippen MR) is 85.2 cm³/mol. The summed E-state index contributed by atoms with van der Waals surface area (Å²) in [6, 6.07) is 6.76. The highest BCUT2D eigenvalue weighted by Crippen LogP contribution is 2.30. The van der Waals surface area contributed by atoms with E-state index in [1.807, 2.05) is 6.92 Å². The SMILES string of the molecule is CCCOc1ccc(/C(O)=C/C(=O)C(=O)OC)c2cccnc12. The molecule has 6 heteroatoms. The second kappa shape index (κ2) is 7.40. The van der Waals surface area contributed by atoms with Gasteiger partial charge in [0.1, 0.15) is 17.0 Å². The molecule has 1 aromatic carbocycles. The van der Waals surface area contributed by atoms with Crippen LogP contribution >= 0.6 is 0 Å². The van der Waals surface area contributed by atoms with Gasteiger partial charge in [-0.25, -0.2) is 4.79 Å². The van der Waals surface area contributed by atoms with Crippen molar-refractivity contribution in [3.8, 4) is 5.75 Å². The number of nitrogens with zero attached hydrogens (tertiary/aromatic N) is 1. The first-order valence-corrected chi connectivity index (χ1v) is 7.12. The molecule has 6 nitrogen and oxygen atoms in total. The topological polar surface area (TPSA) is 85.7 Å². The highest BCUT2D eigenvalue weighted by Gasteiger charge is 2.15. The minimum atomic E-state index is -1.04. The molecule has 0 aliphatic heterocycles. The Morgan fingerprint density at radius 1 is 1.30 bits per heavy atom. The van der Waals surface area contributed by atoms with E-state index in [9.17, 15) is 14.7 Å². The van der Waals surface area contributed by atoms with Crippen LogP contribution in [0.1, 0.15) is 18.9 Å². The number of aliphatic hydroxyl groups is 1. The average molecular weight is 315 g/mol. The average Bonchev–Trinajstić information content (AvgIpc) is 2.58. The Morgan fingerprint density at radius 2 is 2.09 bits per heavy atom. The first-order chi connectivity index (χ1) is 11.1. The number of fused-ring (bicyclic) bond motifs is 1. The number of hydrogen-bond acceptors (Lipinski definition) is 6. The molecule has 0 aliphatic rings. The van der Waals surface area contributed by atoms with E-state index < -0.39 is 11.8 Å². The highest BCUT2D eigenvalue weighted by atomic mass is 16.5. The Hall–Kier alpha value is -2.89. The number of methoxy groups -OCH3 is 1. The Balaban J connectivity index is 2.48. The maximum Gasteiger partial charge on any atom is 0.378 e. The van der Waals surface area contributed by atoms with Crippen molar-refractivity contribution in [1.82, 2.24) is 4.98 Å². The zero-order valence-corrected chi connectivity index (χ0v) is 12.9. The van der Waals surface area contributed by atoms with Gasteiger partial charge in [-0.15, -0.1) is 0 Å². The number of aliphatic hydroxyl groups excluding tert-OH is 1. The smallest absolute Gasteiger partial charge is 0.378 e. The van der Waals surface area contributed by atoms with E-state index in [0.29, 0.717) is 28.8 Å². The fourth-order valence-corrected chi connectivity index (χ4v) is 2.06. The number of pyridine rings is 1. The van der Waals surface area contributed by atoms with Gasteiger partial charge in [0.25, 0.3) is 5.78 Å². The zero-order chi connectivity index (χ0) is 16.8. The van der Waals surface area contributed by atoms with Gasteiger partial charge in [0, 0.05) is 23.2 Å². The van der Waals surface area contributed by atoms with Crippen molar-refractivity contribution in [3.05, 3.63) is 42.1 Å². The molecule has 23 heavy (non-hydrogen) atoms. The number of rotatable bonds is 6. The third-order valence-electron chi connectivity index (χ3n) is 3.12. The van der Waals surface area contributed by atoms with Crippen molar-refractivity contribution in [3.63, 3.8) is 0 Å². The molecule has 0 spiro atoms. The second-order valence-electron chi connectivity index (χ2n) is 4.74. The third kappa shape index (κ3) is 3.66. The zero-order valence-electron chi connectivity index (χ0n) is 12.9. The molecule has 2 rings (SSSR count). The monoisotopic (exact) mass is 315 g/mol.